The average Bonchev–Trinajstić information content (AvgIpc) is 2.34. The fraction of sp³-hybridized carbons (Fsp3) is 0.333. The van der Waals surface area contributed by atoms with Crippen LogP contribution >= 0.6 is 11.6 Å². The Kier molecular flexibility index (Phi) is 1.42. The van der Waals surface area contributed by atoms with Crippen LogP contribution in [0.3, 0.4) is 0 Å². The molecule has 0 atom stereocenters. The molecule has 0 unspecified atom stereocenters. The number of rotatable bonds is 0. The van der Waals surface area contributed by atoms with E-state index in [-0.39, 0.29) is 5.15 Å². The highest BCUT2D eigenvalue weighted by molar-refractivity contribution is 6.32. The van der Waals surface area contributed by atoms with E-state index >= 15 is 0 Å². The molecular formula is C6H5ClFN3. The third-order valence-electron chi connectivity index (χ3n) is 1.64. The predicted octanol–water partition coefficient (Wildman–Crippen LogP) is 1.38. The summed E-state index contributed by atoms with van der Waals surface area (Å²) in [7, 11) is 0. The molecule has 0 amide bonds. The minimum absolute atomic E-state index is 0.190. The van der Waals surface area contributed by atoms with Gasteiger partial charge in [0.15, 0.2) is 5.15 Å². The van der Waals surface area contributed by atoms with Gasteiger partial charge in [0.1, 0.15) is 12.0 Å². The van der Waals surface area contributed by atoms with Gasteiger partial charge in [0.05, 0.1) is 12.2 Å². The molecule has 0 bridgehead atoms. The van der Waals surface area contributed by atoms with Crippen molar-refractivity contribution in [1.82, 2.24) is 9.97 Å². The lowest BCUT2D eigenvalue weighted by molar-refractivity contribution is 0.450. The first-order valence-corrected chi connectivity index (χ1v) is 3.59. The first-order valence-electron chi connectivity index (χ1n) is 3.22. The van der Waals surface area contributed by atoms with E-state index < -0.39 is 0 Å². The summed E-state index contributed by atoms with van der Waals surface area (Å²) >= 11 is 5.63. The van der Waals surface area contributed by atoms with Gasteiger partial charge in [-0.2, -0.15) is 0 Å². The molecule has 0 aliphatic carbocycles. The lowest BCUT2D eigenvalue weighted by Crippen LogP contribution is -2.07. The van der Waals surface area contributed by atoms with Crippen LogP contribution in [0, 0.1) is 0 Å². The molecule has 58 valence electrons. The average molecular weight is 174 g/mol. The van der Waals surface area contributed by atoms with Crippen molar-refractivity contribution in [3.05, 3.63) is 17.2 Å². The number of nitrogens with zero attached hydrogens (tertiary/aromatic N) is 3. The van der Waals surface area contributed by atoms with E-state index in [1.54, 1.807) is 0 Å². The lowest BCUT2D eigenvalue weighted by Gasteiger charge is -2.05. The molecule has 5 heteroatoms. The normalized spacial score (nSPS) is 15.3. The van der Waals surface area contributed by atoms with Gasteiger partial charge in [-0.15, -0.1) is 0 Å². The number of aromatic nitrogens is 2. The maximum atomic E-state index is 12.8. The van der Waals surface area contributed by atoms with E-state index in [0.29, 0.717) is 29.5 Å². The molecule has 2 heterocycles. The second-order valence-electron chi connectivity index (χ2n) is 2.30. The van der Waals surface area contributed by atoms with Crippen LogP contribution in [0.5, 0.6) is 0 Å². The van der Waals surface area contributed by atoms with E-state index in [1.807, 2.05) is 0 Å². The van der Waals surface area contributed by atoms with Crippen LogP contribution in [0.15, 0.2) is 6.33 Å². The molecule has 2 rings (SSSR count). The largest absolute Gasteiger partial charge is 0.239 e. The molecule has 0 saturated heterocycles. The summed E-state index contributed by atoms with van der Waals surface area (Å²) in [5.41, 5.74) is 1.02. The van der Waals surface area contributed by atoms with Crippen LogP contribution in [0.2, 0.25) is 5.15 Å². The van der Waals surface area contributed by atoms with Crippen molar-refractivity contribution >= 4 is 17.3 Å². The van der Waals surface area contributed by atoms with E-state index in [2.05, 4.69) is 9.97 Å². The van der Waals surface area contributed by atoms with Gasteiger partial charge in [0.2, 0.25) is 0 Å². The van der Waals surface area contributed by atoms with Gasteiger partial charge in [0, 0.05) is 6.42 Å². The highest BCUT2D eigenvalue weighted by atomic mass is 35.5. The Labute approximate surface area is 67.8 Å². The molecule has 11 heavy (non-hydrogen) atoms. The zero-order valence-electron chi connectivity index (χ0n) is 5.59. The molecule has 0 fully saturated rings. The van der Waals surface area contributed by atoms with E-state index in [0.717, 1.165) is 0 Å². The molecule has 0 radical (unpaired) electrons. The van der Waals surface area contributed by atoms with E-state index in [1.165, 1.54) is 6.33 Å². The Bertz CT molecular complexity index is 291. The Morgan fingerprint density at radius 1 is 1.55 bits per heavy atom. The topological polar surface area (TPSA) is 29.0 Å². The van der Waals surface area contributed by atoms with Crippen LogP contribution in [0.4, 0.5) is 10.2 Å². The van der Waals surface area contributed by atoms with Crippen molar-refractivity contribution in [3.8, 4) is 0 Å². The number of hydrogen-bond acceptors (Lipinski definition) is 3. The number of anilines is 1. The van der Waals surface area contributed by atoms with Crippen molar-refractivity contribution < 1.29 is 4.48 Å². The molecule has 0 aromatic carbocycles. The van der Waals surface area contributed by atoms with Crippen molar-refractivity contribution in [3.63, 3.8) is 0 Å². The first-order chi connectivity index (χ1) is 5.29. The highest BCUT2D eigenvalue weighted by Gasteiger charge is 2.23. The first kappa shape index (κ1) is 6.79. The van der Waals surface area contributed by atoms with E-state index in [9.17, 15) is 4.48 Å². The Balaban J connectivity index is 2.58. The van der Waals surface area contributed by atoms with Crippen molar-refractivity contribution in [1.29, 1.82) is 0 Å². The van der Waals surface area contributed by atoms with Crippen LogP contribution in [0.25, 0.3) is 0 Å². The monoisotopic (exact) mass is 173 g/mol. The standard InChI is InChI=1S/C6H5ClFN3/c7-6-5-4(9-3-10-6)1-2-11(5)8/h3H,1-2H2. The summed E-state index contributed by atoms with van der Waals surface area (Å²) in [6.45, 7) is 0.327. The van der Waals surface area contributed by atoms with Gasteiger partial charge < -0.3 is 0 Å². The predicted molar refractivity (Wildman–Crippen MR) is 39.2 cm³/mol. The Hall–Kier alpha value is -0.900. The molecular weight excluding hydrogens is 169 g/mol. The molecule has 1 aliphatic rings. The summed E-state index contributed by atoms with van der Waals surface area (Å²) in [5, 5.41) is 0.771. The summed E-state index contributed by atoms with van der Waals surface area (Å²) in [5.74, 6) is 0. The molecule has 3 nitrogen and oxygen atoms in total. The fourth-order valence-electron chi connectivity index (χ4n) is 1.13. The smallest absolute Gasteiger partial charge is 0.158 e. The zero-order valence-corrected chi connectivity index (χ0v) is 6.35. The highest BCUT2D eigenvalue weighted by Crippen LogP contribution is 2.31. The van der Waals surface area contributed by atoms with Gasteiger partial charge >= 0.3 is 0 Å². The number of hydrogen-bond donors (Lipinski definition) is 0. The molecule has 1 aromatic heterocycles. The van der Waals surface area contributed by atoms with Gasteiger partial charge in [-0.3, -0.25) is 0 Å². The van der Waals surface area contributed by atoms with Crippen molar-refractivity contribution in [2.75, 3.05) is 11.7 Å². The summed E-state index contributed by atoms with van der Waals surface area (Å²) in [4.78, 5) is 7.57. The molecule has 0 N–H and O–H groups in total. The fourth-order valence-corrected chi connectivity index (χ4v) is 1.37. The Morgan fingerprint density at radius 2 is 2.36 bits per heavy atom. The number of halogens is 2. The third kappa shape index (κ3) is 0.939. The summed E-state index contributed by atoms with van der Waals surface area (Å²) in [6.07, 6.45) is 1.95. The van der Waals surface area contributed by atoms with Crippen LogP contribution in [0.1, 0.15) is 5.69 Å². The van der Waals surface area contributed by atoms with Crippen molar-refractivity contribution in [2.24, 2.45) is 0 Å². The SMILES string of the molecule is FN1CCc2ncnc(Cl)c21. The maximum Gasteiger partial charge on any atom is 0.158 e. The molecule has 1 aromatic rings. The second-order valence-corrected chi connectivity index (χ2v) is 2.65. The molecule has 0 saturated carbocycles. The minimum atomic E-state index is 0.190. The minimum Gasteiger partial charge on any atom is -0.239 e. The van der Waals surface area contributed by atoms with Gasteiger partial charge in [-0.25, -0.2) is 15.1 Å². The van der Waals surface area contributed by atoms with Crippen LogP contribution in [-0.4, -0.2) is 16.5 Å². The molecule has 0 spiro atoms. The maximum absolute atomic E-state index is 12.8. The molecule has 1 aliphatic heterocycles. The van der Waals surface area contributed by atoms with E-state index in [4.69, 9.17) is 11.6 Å². The third-order valence-corrected chi connectivity index (χ3v) is 1.92. The zero-order chi connectivity index (χ0) is 7.84. The number of fused-ring (bicyclic) bond motifs is 1. The quantitative estimate of drug-likeness (QED) is 0.439. The van der Waals surface area contributed by atoms with Gasteiger partial charge in [-0.05, 0) is 0 Å². The lowest BCUT2D eigenvalue weighted by atomic mass is 10.3. The second kappa shape index (κ2) is 2.30. The van der Waals surface area contributed by atoms with Gasteiger partial charge in [0.25, 0.3) is 0 Å². The Morgan fingerprint density at radius 3 is 3.09 bits per heavy atom. The summed E-state index contributed by atoms with van der Waals surface area (Å²) < 4.78 is 12.8. The van der Waals surface area contributed by atoms with Crippen LogP contribution in [-0.2, 0) is 6.42 Å². The van der Waals surface area contributed by atoms with Crippen molar-refractivity contribution in [2.45, 2.75) is 6.42 Å². The summed E-state index contributed by atoms with van der Waals surface area (Å²) in [6, 6.07) is 0. The van der Waals surface area contributed by atoms with Gasteiger partial charge in [-0.1, -0.05) is 16.1 Å². The van der Waals surface area contributed by atoms with Crippen LogP contribution < -0.4 is 5.12 Å².